The van der Waals surface area contributed by atoms with E-state index in [1.165, 1.54) is 7.11 Å². The summed E-state index contributed by atoms with van der Waals surface area (Å²) in [4.78, 5) is 12.0. The Kier molecular flexibility index (Phi) is 2.83. The smallest absolute Gasteiger partial charge is 0.409 e. The molecule has 0 saturated carbocycles. The number of carbonyl (C=O) groups excluding carboxylic acids is 1. The minimum atomic E-state index is -2.47. The Balaban J connectivity index is 2.57. The summed E-state index contributed by atoms with van der Waals surface area (Å²) in [5, 5.41) is 0. The first-order valence-corrected chi connectivity index (χ1v) is 3.79. The Morgan fingerprint density at radius 1 is 1.67 bits per heavy atom. The fourth-order valence-electron chi connectivity index (χ4n) is 1.40. The van der Waals surface area contributed by atoms with Gasteiger partial charge in [0.15, 0.2) is 0 Å². The zero-order chi connectivity index (χ0) is 9.14. The summed E-state index contributed by atoms with van der Waals surface area (Å²) in [5.41, 5.74) is 0. The molecule has 1 aliphatic heterocycles. The first kappa shape index (κ1) is 9.22. The van der Waals surface area contributed by atoms with E-state index in [9.17, 15) is 13.6 Å². The van der Waals surface area contributed by atoms with E-state index in [0.717, 1.165) is 4.90 Å². The van der Waals surface area contributed by atoms with Crippen LogP contribution in [0.5, 0.6) is 0 Å². The number of carbonyl (C=O) groups is 1. The molecule has 0 unspecified atom stereocenters. The first-order valence-electron chi connectivity index (χ1n) is 3.79. The fraction of sp³-hybridized carbons (Fsp3) is 0.857. The Hall–Kier alpha value is -0.870. The number of amides is 1. The highest BCUT2D eigenvalue weighted by atomic mass is 19.3. The van der Waals surface area contributed by atoms with Gasteiger partial charge in [-0.05, 0) is 12.8 Å². The van der Waals surface area contributed by atoms with Gasteiger partial charge in [-0.1, -0.05) is 0 Å². The average Bonchev–Trinajstić information content (AvgIpc) is 2.50. The minimum Gasteiger partial charge on any atom is -0.453 e. The molecule has 70 valence electrons. The van der Waals surface area contributed by atoms with Crippen LogP contribution in [0, 0.1) is 0 Å². The van der Waals surface area contributed by atoms with Gasteiger partial charge in [-0.15, -0.1) is 0 Å². The molecule has 0 aromatic heterocycles. The van der Waals surface area contributed by atoms with Crippen molar-refractivity contribution < 1.29 is 18.3 Å². The molecule has 0 aromatic carbocycles. The van der Waals surface area contributed by atoms with Gasteiger partial charge in [0.05, 0.1) is 13.2 Å². The first-order chi connectivity index (χ1) is 5.66. The van der Waals surface area contributed by atoms with Crippen LogP contribution in [-0.4, -0.2) is 37.1 Å². The second-order valence-corrected chi connectivity index (χ2v) is 2.71. The number of alkyl halides is 2. The van der Waals surface area contributed by atoms with E-state index in [2.05, 4.69) is 4.74 Å². The van der Waals surface area contributed by atoms with Gasteiger partial charge in [0.2, 0.25) is 0 Å². The number of halogens is 2. The quantitative estimate of drug-likeness (QED) is 0.610. The lowest BCUT2D eigenvalue weighted by atomic mass is 10.2. The van der Waals surface area contributed by atoms with E-state index in [-0.39, 0.29) is 0 Å². The Morgan fingerprint density at radius 3 is 2.83 bits per heavy atom. The molecule has 0 bridgehead atoms. The Bertz CT molecular complexity index is 175. The molecule has 1 rings (SSSR count). The third kappa shape index (κ3) is 1.65. The third-order valence-electron chi connectivity index (χ3n) is 2.00. The predicted molar refractivity (Wildman–Crippen MR) is 38.1 cm³/mol. The molecule has 12 heavy (non-hydrogen) atoms. The molecule has 0 spiro atoms. The van der Waals surface area contributed by atoms with Gasteiger partial charge in [0.1, 0.15) is 0 Å². The van der Waals surface area contributed by atoms with Gasteiger partial charge in [0, 0.05) is 6.54 Å². The lowest BCUT2D eigenvalue weighted by molar-refractivity contribution is 0.0412. The fourth-order valence-corrected chi connectivity index (χ4v) is 1.40. The van der Waals surface area contributed by atoms with E-state index >= 15 is 0 Å². The molecule has 0 radical (unpaired) electrons. The van der Waals surface area contributed by atoms with Gasteiger partial charge in [-0.3, -0.25) is 4.90 Å². The lowest BCUT2D eigenvalue weighted by Crippen LogP contribution is -2.39. The SMILES string of the molecule is COC(=O)N1CCC[C@@H]1C(F)F. The van der Waals surface area contributed by atoms with Crippen LogP contribution in [0.1, 0.15) is 12.8 Å². The van der Waals surface area contributed by atoms with Crippen LogP contribution in [0.2, 0.25) is 0 Å². The molecular weight excluding hydrogens is 168 g/mol. The third-order valence-corrected chi connectivity index (χ3v) is 2.00. The second kappa shape index (κ2) is 3.69. The number of likely N-dealkylation sites (tertiary alicyclic amines) is 1. The van der Waals surface area contributed by atoms with Crippen molar-refractivity contribution >= 4 is 6.09 Å². The zero-order valence-corrected chi connectivity index (χ0v) is 6.80. The monoisotopic (exact) mass is 179 g/mol. The van der Waals surface area contributed by atoms with E-state index in [0.29, 0.717) is 19.4 Å². The Morgan fingerprint density at radius 2 is 2.33 bits per heavy atom. The zero-order valence-electron chi connectivity index (χ0n) is 6.80. The molecule has 1 amide bonds. The van der Waals surface area contributed by atoms with Crippen LogP contribution < -0.4 is 0 Å². The van der Waals surface area contributed by atoms with Crippen molar-refractivity contribution in [3.05, 3.63) is 0 Å². The molecular formula is C7H11F2NO2. The molecule has 1 atom stereocenters. The van der Waals surface area contributed by atoms with Crippen LogP contribution in [0.15, 0.2) is 0 Å². The molecule has 3 nitrogen and oxygen atoms in total. The second-order valence-electron chi connectivity index (χ2n) is 2.71. The summed E-state index contributed by atoms with van der Waals surface area (Å²) in [5.74, 6) is 0. The maximum Gasteiger partial charge on any atom is 0.409 e. The topological polar surface area (TPSA) is 29.5 Å². The van der Waals surface area contributed by atoms with Crippen LogP contribution in [0.4, 0.5) is 13.6 Å². The highest BCUT2D eigenvalue weighted by molar-refractivity contribution is 5.68. The van der Waals surface area contributed by atoms with Gasteiger partial charge >= 0.3 is 6.09 Å². The molecule has 1 fully saturated rings. The highest BCUT2D eigenvalue weighted by Crippen LogP contribution is 2.23. The van der Waals surface area contributed by atoms with Gasteiger partial charge in [-0.25, -0.2) is 13.6 Å². The van der Waals surface area contributed by atoms with E-state index in [4.69, 9.17) is 0 Å². The van der Waals surface area contributed by atoms with Crippen molar-refractivity contribution in [2.45, 2.75) is 25.3 Å². The summed E-state index contributed by atoms with van der Waals surface area (Å²) in [6.45, 7) is 0.377. The van der Waals surface area contributed by atoms with Crippen molar-refractivity contribution in [1.29, 1.82) is 0 Å². The number of nitrogens with zero attached hydrogens (tertiary/aromatic N) is 1. The van der Waals surface area contributed by atoms with Gasteiger partial charge < -0.3 is 4.74 Å². The maximum absolute atomic E-state index is 12.2. The van der Waals surface area contributed by atoms with Gasteiger partial charge in [0.25, 0.3) is 6.43 Å². The molecule has 0 N–H and O–H groups in total. The van der Waals surface area contributed by atoms with Crippen LogP contribution >= 0.6 is 0 Å². The maximum atomic E-state index is 12.2. The summed E-state index contributed by atoms with van der Waals surface area (Å²) in [6.07, 6.45) is -2.12. The normalized spacial score (nSPS) is 23.3. The van der Waals surface area contributed by atoms with Crippen molar-refractivity contribution in [2.75, 3.05) is 13.7 Å². The molecule has 1 heterocycles. The molecule has 1 aliphatic rings. The van der Waals surface area contributed by atoms with Crippen LogP contribution in [0.25, 0.3) is 0 Å². The average molecular weight is 179 g/mol. The molecule has 5 heteroatoms. The molecule has 0 aliphatic carbocycles. The number of methoxy groups -OCH3 is 1. The summed E-state index contributed by atoms with van der Waals surface area (Å²) in [6, 6.07) is -0.947. The summed E-state index contributed by atoms with van der Waals surface area (Å²) < 4.78 is 28.8. The van der Waals surface area contributed by atoms with Crippen molar-refractivity contribution in [1.82, 2.24) is 4.90 Å². The van der Waals surface area contributed by atoms with Crippen molar-refractivity contribution in [2.24, 2.45) is 0 Å². The molecule has 1 saturated heterocycles. The van der Waals surface area contributed by atoms with Crippen LogP contribution in [0.3, 0.4) is 0 Å². The van der Waals surface area contributed by atoms with E-state index in [1.807, 2.05) is 0 Å². The van der Waals surface area contributed by atoms with Crippen molar-refractivity contribution in [3.63, 3.8) is 0 Å². The highest BCUT2D eigenvalue weighted by Gasteiger charge is 2.35. The van der Waals surface area contributed by atoms with E-state index < -0.39 is 18.6 Å². The van der Waals surface area contributed by atoms with E-state index in [1.54, 1.807) is 0 Å². The van der Waals surface area contributed by atoms with Crippen molar-refractivity contribution in [3.8, 4) is 0 Å². The summed E-state index contributed by atoms with van der Waals surface area (Å²) >= 11 is 0. The number of hydrogen-bond acceptors (Lipinski definition) is 2. The number of rotatable bonds is 1. The number of ether oxygens (including phenoxy) is 1. The largest absolute Gasteiger partial charge is 0.453 e. The predicted octanol–water partition coefficient (Wildman–Crippen LogP) is 1.48. The standard InChI is InChI=1S/C7H11F2NO2/c1-12-7(11)10-4-2-3-5(10)6(8)9/h5-6H,2-4H2,1H3/t5-/m1/s1. The number of hydrogen-bond donors (Lipinski definition) is 0. The summed E-state index contributed by atoms with van der Waals surface area (Å²) in [7, 11) is 1.20. The Labute approximate surface area is 69.3 Å². The molecule has 0 aromatic rings. The van der Waals surface area contributed by atoms with Crippen LogP contribution in [-0.2, 0) is 4.74 Å². The minimum absolute atomic E-state index is 0.368. The van der Waals surface area contributed by atoms with Gasteiger partial charge in [-0.2, -0.15) is 0 Å². The lowest BCUT2D eigenvalue weighted by Gasteiger charge is -2.21.